The van der Waals surface area contributed by atoms with Crippen LogP contribution in [0.4, 0.5) is 10.1 Å². The highest BCUT2D eigenvalue weighted by Crippen LogP contribution is 2.37. The second kappa shape index (κ2) is 5.07. The maximum Gasteiger partial charge on any atom is 0.494 e. The molecule has 0 aliphatic carbocycles. The van der Waals surface area contributed by atoms with E-state index in [0.29, 0.717) is 22.1 Å². The van der Waals surface area contributed by atoms with Crippen LogP contribution in [0.5, 0.6) is 0 Å². The second-order valence-electron chi connectivity index (χ2n) is 6.90. The third-order valence-corrected chi connectivity index (χ3v) is 4.60. The third kappa shape index (κ3) is 2.64. The third-order valence-electron chi connectivity index (χ3n) is 4.60. The lowest BCUT2D eigenvalue weighted by Crippen LogP contribution is -2.41. The molecule has 1 aliphatic rings. The molecular weight excluding hydrogens is 298 g/mol. The van der Waals surface area contributed by atoms with Crippen molar-refractivity contribution in [3.8, 4) is 0 Å². The number of anilines is 1. The van der Waals surface area contributed by atoms with Crippen LogP contribution in [0.15, 0.2) is 18.3 Å². The zero-order valence-corrected chi connectivity index (χ0v) is 13.9. The van der Waals surface area contributed by atoms with E-state index >= 15 is 0 Å². The van der Waals surface area contributed by atoms with Crippen molar-refractivity contribution in [1.82, 2.24) is 4.98 Å². The average Bonchev–Trinajstić information content (AvgIpc) is 2.89. The van der Waals surface area contributed by atoms with Crippen LogP contribution in [0, 0.1) is 5.82 Å². The molecule has 1 aromatic carbocycles. The molecule has 0 unspecified atom stereocenters. The molecule has 3 rings (SSSR count). The quantitative estimate of drug-likeness (QED) is 0.837. The first-order valence-electron chi connectivity index (χ1n) is 7.54. The van der Waals surface area contributed by atoms with Crippen molar-refractivity contribution < 1.29 is 18.5 Å². The molecule has 0 bridgehead atoms. The SMILES string of the molecule is CC(=O)Nc1c[nH]c2c(F)cc(B3OC(C)(C)C(C)(C)O3)cc12. The normalized spacial score (nSPS) is 19.3. The number of rotatable bonds is 2. The molecule has 2 N–H and O–H groups in total. The fourth-order valence-electron chi connectivity index (χ4n) is 2.62. The Balaban J connectivity index is 2.04. The lowest BCUT2D eigenvalue weighted by atomic mass is 9.78. The Bertz CT molecular complexity index is 769. The Morgan fingerprint density at radius 1 is 1.22 bits per heavy atom. The smallest absolute Gasteiger partial charge is 0.399 e. The number of nitrogens with one attached hydrogen (secondary N) is 2. The Labute approximate surface area is 134 Å². The molecule has 1 amide bonds. The number of aromatic nitrogens is 1. The number of amides is 1. The van der Waals surface area contributed by atoms with Crippen LogP contribution < -0.4 is 10.8 Å². The molecule has 2 aromatic rings. The van der Waals surface area contributed by atoms with Crippen LogP contribution in [-0.4, -0.2) is 29.2 Å². The predicted molar refractivity (Wildman–Crippen MR) is 88.3 cm³/mol. The molecule has 2 heterocycles. The molecule has 0 radical (unpaired) electrons. The number of carbonyl (C=O) groups is 1. The monoisotopic (exact) mass is 318 g/mol. The van der Waals surface area contributed by atoms with Gasteiger partial charge < -0.3 is 19.6 Å². The van der Waals surface area contributed by atoms with Gasteiger partial charge in [-0.15, -0.1) is 0 Å². The van der Waals surface area contributed by atoms with Gasteiger partial charge in [-0.25, -0.2) is 4.39 Å². The van der Waals surface area contributed by atoms with E-state index in [2.05, 4.69) is 10.3 Å². The van der Waals surface area contributed by atoms with Crippen LogP contribution in [0.1, 0.15) is 34.6 Å². The Morgan fingerprint density at radius 2 is 1.83 bits per heavy atom. The summed E-state index contributed by atoms with van der Waals surface area (Å²) in [6.07, 6.45) is 1.57. The largest absolute Gasteiger partial charge is 0.494 e. The lowest BCUT2D eigenvalue weighted by molar-refractivity contribution is -0.114. The average molecular weight is 318 g/mol. The molecule has 1 aromatic heterocycles. The summed E-state index contributed by atoms with van der Waals surface area (Å²) in [6.45, 7) is 9.19. The first kappa shape index (κ1) is 16.0. The summed E-state index contributed by atoms with van der Waals surface area (Å²) < 4.78 is 26.3. The minimum Gasteiger partial charge on any atom is -0.399 e. The zero-order chi connectivity index (χ0) is 17.0. The molecule has 0 spiro atoms. The first-order valence-corrected chi connectivity index (χ1v) is 7.54. The summed E-state index contributed by atoms with van der Waals surface area (Å²) in [4.78, 5) is 14.1. The Hall–Kier alpha value is -1.86. The number of aromatic amines is 1. The predicted octanol–water partition coefficient (Wildman–Crippen LogP) is 2.56. The number of H-pyrrole nitrogens is 1. The molecular formula is C16H20BFN2O3. The topological polar surface area (TPSA) is 63.4 Å². The Kier molecular flexibility index (Phi) is 3.53. The van der Waals surface area contributed by atoms with Crippen LogP contribution in [-0.2, 0) is 14.1 Å². The molecule has 122 valence electrons. The lowest BCUT2D eigenvalue weighted by Gasteiger charge is -2.32. The van der Waals surface area contributed by atoms with Crippen LogP contribution >= 0.6 is 0 Å². The minimum atomic E-state index is -0.654. The van der Waals surface area contributed by atoms with E-state index in [1.165, 1.54) is 13.0 Å². The van der Waals surface area contributed by atoms with Crippen molar-refractivity contribution in [2.24, 2.45) is 0 Å². The fourth-order valence-corrected chi connectivity index (χ4v) is 2.62. The van der Waals surface area contributed by atoms with Gasteiger partial charge in [0.1, 0.15) is 5.82 Å². The summed E-state index contributed by atoms with van der Waals surface area (Å²) in [6, 6.07) is 3.18. The standard InChI is InChI=1S/C16H20BFN2O3/c1-9(21)20-13-8-19-14-11(13)6-10(7-12(14)18)17-22-15(2,3)16(4,5)23-17/h6-8,19H,1-5H3,(H,20,21). The summed E-state index contributed by atoms with van der Waals surface area (Å²) in [7, 11) is -0.654. The second-order valence-corrected chi connectivity index (χ2v) is 6.90. The van der Waals surface area contributed by atoms with Gasteiger partial charge in [0.05, 0.1) is 22.4 Å². The van der Waals surface area contributed by atoms with E-state index in [0.717, 1.165) is 0 Å². The maximum atomic E-state index is 14.4. The highest BCUT2D eigenvalue weighted by atomic mass is 19.1. The van der Waals surface area contributed by atoms with E-state index < -0.39 is 24.1 Å². The molecule has 0 atom stereocenters. The number of halogens is 1. The summed E-state index contributed by atoms with van der Waals surface area (Å²) in [5, 5.41) is 3.27. The van der Waals surface area contributed by atoms with Crippen molar-refractivity contribution in [3.05, 3.63) is 24.1 Å². The fraction of sp³-hybridized carbons (Fsp3) is 0.438. The van der Waals surface area contributed by atoms with Crippen molar-refractivity contribution in [2.75, 3.05) is 5.32 Å². The van der Waals surface area contributed by atoms with E-state index in [1.807, 2.05) is 27.7 Å². The first-order chi connectivity index (χ1) is 10.6. The van der Waals surface area contributed by atoms with Gasteiger partial charge in [-0.05, 0) is 39.2 Å². The molecule has 1 saturated heterocycles. The van der Waals surface area contributed by atoms with E-state index in [4.69, 9.17) is 9.31 Å². The van der Waals surface area contributed by atoms with Crippen LogP contribution in [0.25, 0.3) is 10.9 Å². The van der Waals surface area contributed by atoms with E-state index in [1.54, 1.807) is 12.3 Å². The number of fused-ring (bicyclic) bond motifs is 1. The molecule has 0 saturated carbocycles. The van der Waals surface area contributed by atoms with Gasteiger partial charge >= 0.3 is 7.12 Å². The van der Waals surface area contributed by atoms with Gasteiger partial charge in [0.2, 0.25) is 5.91 Å². The van der Waals surface area contributed by atoms with Crippen LogP contribution in [0.3, 0.4) is 0 Å². The van der Waals surface area contributed by atoms with Crippen molar-refractivity contribution in [3.63, 3.8) is 0 Å². The van der Waals surface area contributed by atoms with Gasteiger partial charge in [0, 0.05) is 18.5 Å². The molecule has 1 fully saturated rings. The molecule has 7 heteroatoms. The number of hydrogen-bond donors (Lipinski definition) is 2. The number of carbonyl (C=O) groups excluding carboxylic acids is 1. The minimum absolute atomic E-state index is 0.215. The van der Waals surface area contributed by atoms with E-state index in [-0.39, 0.29) is 5.91 Å². The summed E-state index contributed by atoms with van der Waals surface area (Å²) in [5.41, 5.74) is 0.460. The summed E-state index contributed by atoms with van der Waals surface area (Å²) >= 11 is 0. The number of benzene rings is 1. The highest BCUT2D eigenvalue weighted by molar-refractivity contribution is 6.62. The van der Waals surface area contributed by atoms with Crippen molar-refractivity contribution in [2.45, 2.75) is 45.8 Å². The molecule has 1 aliphatic heterocycles. The van der Waals surface area contributed by atoms with Crippen molar-refractivity contribution >= 4 is 35.1 Å². The van der Waals surface area contributed by atoms with Gasteiger partial charge in [0.15, 0.2) is 0 Å². The van der Waals surface area contributed by atoms with Gasteiger partial charge in [-0.3, -0.25) is 4.79 Å². The van der Waals surface area contributed by atoms with E-state index in [9.17, 15) is 9.18 Å². The molecule has 23 heavy (non-hydrogen) atoms. The van der Waals surface area contributed by atoms with Crippen LogP contribution in [0.2, 0.25) is 0 Å². The van der Waals surface area contributed by atoms with Gasteiger partial charge in [-0.1, -0.05) is 6.07 Å². The summed E-state index contributed by atoms with van der Waals surface area (Å²) in [5.74, 6) is -0.629. The van der Waals surface area contributed by atoms with Crippen molar-refractivity contribution in [1.29, 1.82) is 0 Å². The van der Waals surface area contributed by atoms with Gasteiger partial charge in [-0.2, -0.15) is 0 Å². The maximum absolute atomic E-state index is 14.4. The zero-order valence-electron chi connectivity index (χ0n) is 13.9. The number of hydrogen-bond acceptors (Lipinski definition) is 3. The molecule has 5 nitrogen and oxygen atoms in total. The highest BCUT2D eigenvalue weighted by Gasteiger charge is 2.51. The Morgan fingerprint density at radius 3 is 2.39 bits per heavy atom. The van der Waals surface area contributed by atoms with Gasteiger partial charge in [0.25, 0.3) is 0 Å².